The molecular formula is C65H121NO10. The minimum atomic E-state index is -1.57. The minimum absolute atomic E-state index is 0.00476. The van der Waals surface area contributed by atoms with Gasteiger partial charge < -0.3 is 45.1 Å². The van der Waals surface area contributed by atoms with E-state index in [1.807, 2.05) is 6.08 Å². The van der Waals surface area contributed by atoms with Crippen LogP contribution in [0, 0.1) is 0 Å². The molecule has 1 amide bonds. The van der Waals surface area contributed by atoms with Crippen molar-refractivity contribution in [1.82, 2.24) is 5.32 Å². The van der Waals surface area contributed by atoms with Crippen molar-refractivity contribution in [3.05, 3.63) is 36.5 Å². The number of rotatable bonds is 56. The average Bonchev–Trinajstić information content (AvgIpc) is 3.42. The molecule has 0 radical (unpaired) electrons. The molecule has 0 aromatic carbocycles. The van der Waals surface area contributed by atoms with Gasteiger partial charge in [0.1, 0.15) is 24.4 Å². The number of hydrogen-bond acceptors (Lipinski definition) is 10. The molecule has 446 valence electrons. The van der Waals surface area contributed by atoms with E-state index in [-0.39, 0.29) is 18.5 Å². The van der Waals surface area contributed by atoms with Crippen LogP contribution < -0.4 is 5.32 Å². The second kappa shape index (κ2) is 54.8. The predicted octanol–water partition coefficient (Wildman–Crippen LogP) is 15.5. The Balaban J connectivity index is 1.96. The van der Waals surface area contributed by atoms with E-state index in [0.29, 0.717) is 19.4 Å². The van der Waals surface area contributed by atoms with Crippen molar-refractivity contribution < 1.29 is 49.3 Å². The number of ether oxygens (including phenoxy) is 3. The van der Waals surface area contributed by atoms with E-state index in [1.165, 1.54) is 218 Å². The number of aliphatic hydroxyl groups is 5. The molecule has 76 heavy (non-hydrogen) atoms. The lowest BCUT2D eigenvalue weighted by Crippen LogP contribution is -2.60. The SMILES string of the molecule is CCCCC/C=C\CCCCCCCC(=O)OCCCCCCCCCCCCCC/C=C\CCCCCCCCCCCCCC(=O)NC(COC1OC(CO)C(O)C(O)C1O)C(O)/C=C/CCCCCCCCC. The molecule has 1 aliphatic rings. The van der Waals surface area contributed by atoms with Gasteiger partial charge in [0.2, 0.25) is 5.91 Å². The standard InChI is InChI=1S/C65H121NO10/c1-3-5-7-9-11-13-14-33-37-41-45-49-53-61(70)74-54-50-46-42-38-34-31-29-27-25-23-21-19-17-15-16-18-20-22-24-26-28-30-32-36-40-44-48-52-60(69)66-57(58(68)51-47-43-39-35-12-10-8-6-4-2)56-75-65-64(73)63(72)62(71)59(55-67)76-65/h11,13,15-16,47,51,57-59,62-65,67-68,71-73H,3-10,12,14,17-46,48-50,52-56H2,1-2H3,(H,66,69)/b13-11-,16-15-,51-47+. The highest BCUT2D eigenvalue weighted by atomic mass is 16.7. The molecule has 11 nitrogen and oxygen atoms in total. The van der Waals surface area contributed by atoms with Crippen LogP contribution in [0.3, 0.4) is 0 Å². The largest absolute Gasteiger partial charge is 0.466 e. The van der Waals surface area contributed by atoms with E-state index in [2.05, 4.69) is 43.5 Å². The molecule has 0 aliphatic carbocycles. The topological polar surface area (TPSA) is 175 Å². The molecule has 0 spiro atoms. The lowest BCUT2D eigenvalue weighted by Gasteiger charge is -2.40. The van der Waals surface area contributed by atoms with Crippen LogP contribution in [0.15, 0.2) is 36.5 Å². The number of esters is 1. The predicted molar refractivity (Wildman–Crippen MR) is 315 cm³/mol. The Morgan fingerprint density at radius 2 is 0.842 bits per heavy atom. The molecule has 0 saturated carbocycles. The van der Waals surface area contributed by atoms with Crippen molar-refractivity contribution in [2.45, 2.75) is 346 Å². The summed E-state index contributed by atoms with van der Waals surface area (Å²) in [6, 6.07) is -0.809. The van der Waals surface area contributed by atoms with E-state index in [9.17, 15) is 35.1 Å². The summed E-state index contributed by atoms with van der Waals surface area (Å²) in [5.74, 6) is -0.189. The van der Waals surface area contributed by atoms with Crippen molar-refractivity contribution in [2.24, 2.45) is 0 Å². The fraction of sp³-hybridized carbons (Fsp3) is 0.877. The number of allylic oxidation sites excluding steroid dienone is 5. The first kappa shape index (κ1) is 71.9. The lowest BCUT2D eigenvalue weighted by atomic mass is 9.99. The molecule has 0 aromatic rings. The number of aliphatic hydroxyl groups excluding tert-OH is 5. The summed E-state index contributed by atoms with van der Waals surface area (Å²) in [4.78, 5) is 25.0. The molecule has 7 atom stereocenters. The molecule has 0 bridgehead atoms. The molecule has 1 fully saturated rings. The van der Waals surface area contributed by atoms with Crippen molar-refractivity contribution in [3.8, 4) is 0 Å². The van der Waals surface area contributed by atoms with Crippen molar-refractivity contribution >= 4 is 11.9 Å². The molecule has 6 N–H and O–H groups in total. The van der Waals surface area contributed by atoms with Gasteiger partial charge in [0.15, 0.2) is 6.29 Å². The lowest BCUT2D eigenvalue weighted by molar-refractivity contribution is -0.302. The Bertz CT molecular complexity index is 1360. The second-order valence-corrected chi connectivity index (χ2v) is 22.5. The number of nitrogens with one attached hydrogen (secondary N) is 1. The van der Waals surface area contributed by atoms with Gasteiger partial charge in [-0.25, -0.2) is 0 Å². The summed E-state index contributed by atoms with van der Waals surface area (Å²) in [6.07, 6.45) is 58.4. The second-order valence-electron chi connectivity index (χ2n) is 22.5. The van der Waals surface area contributed by atoms with Crippen LogP contribution in [0.4, 0.5) is 0 Å². The van der Waals surface area contributed by atoms with Crippen LogP contribution in [-0.4, -0.2) is 100 Å². The normalized spacial score (nSPS) is 18.9. The van der Waals surface area contributed by atoms with Gasteiger partial charge in [-0.2, -0.15) is 0 Å². The third-order valence-corrected chi connectivity index (χ3v) is 15.2. The Morgan fingerprint density at radius 3 is 1.29 bits per heavy atom. The zero-order chi connectivity index (χ0) is 55.2. The molecule has 1 saturated heterocycles. The maximum atomic E-state index is 13.0. The van der Waals surface area contributed by atoms with Crippen molar-refractivity contribution in [1.29, 1.82) is 0 Å². The van der Waals surface area contributed by atoms with E-state index >= 15 is 0 Å². The summed E-state index contributed by atoms with van der Waals surface area (Å²) in [5.41, 5.74) is 0. The number of unbranched alkanes of at least 4 members (excludes halogenated alkanes) is 38. The maximum Gasteiger partial charge on any atom is 0.305 e. The fourth-order valence-corrected chi connectivity index (χ4v) is 10.1. The Labute approximate surface area is 466 Å². The zero-order valence-corrected chi connectivity index (χ0v) is 49.2. The monoisotopic (exact) mass is 1080 g/mol. The summed E-state index contributed by atoms with van der Waals surface area (Å²) in [7, 11) is 0. The summed E-state index contributed by atoms with van der Waals surface area (Å²) in [5, 5.41) is 54.2. The van der Waals surface area contributed by atoms with Gasteiger partial charge in [-0.3, -0.25) is 9.59 Å². The quantitative estimate of drug-likeness (QED) is 0.0195. The van der Waals surface area contributed by atoms with E-state index in [0.717, 1.165) is 57.8 Å². The highest BCUT2D eigenvalue weighted by Gasteiger charge is 2.44. The van der Waals surface area contributed by atoms with Crippen LogP contribution >= 0.6 is 0 Å². The smallest absolute Gasteiger partial charge is 0.305 e. The average molecular weight is 1080 g/mol. The third-order valence-electron chi connectivity index (χ3n) is 15.2. The summed E-state index contributed by atoms with van der Waals surface area (Å²) < 4.78 is 16.7. The van der Waals surface area contributed by atoms with Gasteiger partial charge in [-0.05, 0) is 83.5 Å². The molecule has 1 heterocycles. The maximum absolute atomic E-state index is 13.0. The van der Waals surface area contributed by atoms with Crippen molar-refractivity contribution in [3.63, 3.8) is 0 Å². The van der Waals surface area contributed by atoms with Gasteiger partial charge in [-0.1, -0.05) is 243 Å². The van der Waals surface area contributed by atoms with Gasteiger partial charge >= 0.3 is 5.97 Å². The highest BCUT2D eigenvalue weighted by molar-refractivity contribution is 5.76. The number of carbonyl (C=O) groups is 2. The van der Waals surface area contributed by atoms with Gasteiger partial charge in [0, 0.05) is 12.8 Å². The Morgan fingerprint density at radius 1 is 0.474 bits per heavy atom. The van der Waals surface area contributed by atoms with Crippen LogP contribution in [-0.2, 0) is 23.8 Å². The zero-order valence-electron chi connectivity index (χ0n) is 49.2. The van der Waals surface area contributed by atoms with Crippen LogP contribution in [0.25, 0.3) is 0 Å². The van der Waals surface area contributed by atoms with Gasteiger partial charge in [0.05, 0.1) is 32.0 Å². The molecule has 1 aliphatic heterocycles. The summed E-state index contributed by atoms with van der Waals surface area (Å²) >= 11 is 0. The minimum Gasteiger partial charge on any atom is -0.466 e. The Kier molecular flexibility index (Phi) is 51.9. The van der Waals surface area contributed by atoms with E-state index < -0.39 is 49.5 Å². The third kappa shape index (κ3) is 43.7. The van der Waals surface area contributed by atoms with Crippen LogP contribution in [0.1, 0.15) is 303 Å². The molecule has 0 aromatic heterocycles. The first-order chi connectivity index (χ1) is 37.2. The molecule has 7 unspecified atom stereocenters. The van der Waals surface area contributed by atoms with E-state index in [4.69, 9.17) is 14.2 Å². The first-order valence-electron chi connectivity index (χ1n) is 32.3. The fourth-order valence-electron chi connectivity index (χ4n) is 10.1. The van der Waals surface area contributed by atoms with Gasteiger partial charge in [0.25, 0.3) is 0 Å². The number of carbonyl (C=O) groups excluding carboxylic acids is 2. The highest BCUT2D eigenvalue weighted by Crippen LogP contribution is 2.23. The van der Waals surface area contributed by atoms with Crippen molar-refractivity contribution in [2.75, 3.05) is 19.8 Å². The van der Waals surface area contributed by atoms with Crippen LogP contribution in [0.5, 0.6) is 0 Å². The molecular weight excluding hydrogens is 955 g/mol. The molecule has 11 heteroatoms. The number of amides is 1. The van der Waals surface area contributed by atoms with Crippen LogP contribution in [0.2, 0.25) is 0 Å². The summed E-state index contributed by atoms with van der Waals surface area (Å²) in [6.45, 7) is 4.30. The van der Waals surface area contributed by atoms with E-state index in [1.54, 1.807) is 6.08 Å². The molecule has 1 rings (SSSR count). The Hall–Kier alpha value is -2.12. The first-order valence-corrected chi connectivity index (χ1v) is 32.3. The van der Waals surface area contributed by atoms with Gasteiger partial charge in [-0.15, -0.1) is 0 Å². The number of hydrogen-bond donors (Lipinski definition) is 6.